The summed E-state index contributed by atoms with van der Waals surface area (Å²) in [4.78, 5) is 13.6. The second kappa shape index (κ2) is 8.11. The van der Waals surface area contributed by atoms with Crippen molar-refractivity contribution in [2.75, 3.05) is 19.0 Å². The summed E-state index contributed by atoms with van der Waals surface area (Å²) in [6.45, 7) is 8.49. The fourth-order valence-corrected chi connectivity index (χ4v) is 5.22. The van der Waals surface area contributed by atoms with Gasteiger partial charge in [0, 0.05) is 23.2 Å². The van der Waals surface area contributed by atoms with Crippen molar-refractivity contribution < 1.29 is 14.3 Å². The second-order valence-electron chi connectivity index (χ2n) is 9.63. The molecule has 0 saturated heterocycles. The molecule has 4 heteroatoms. The van der Waals surface area contributed by atoms with Crippen LogP contribution in [0.1, 0.15) is 43.9 Å². The number of benzene rings is 3. The van der Waals surface area contributed by atoms with E-state index in [-0.39, 0.29) is 17.2 Å². The zero-order valence-corrected chi connectivity index (χ0v) is 19.4. The SMILES string of the molecule is C=CCOc1ccc([C@H]2Nc3ccc4ccccc4c3C3=C2C(=O)CC(C)(C)C3)cc1OC. The molecule has 1 atom stereocenters. The van der Waals surface area contributed by atoms with Crippen molar-refractivity contribution in [2.45, 2.75) is 32.7 Å². The summed E-state index contributed by atoms with van der Waals surface area (Å²) in [5.41, 5.74) is 5.17. The maximum Gasteiger partial charge on any atom is 0.162 e. The molecule has 0 unspecified atom stereocenters. The van der Waals surface area contributed by atoms with Gasteiger partial charge in [0.2, 0.25) is 0 Å². The average Bonchev–Trinajstić information content (AvgIpc) is 2.80. The minimum absolute atomic E-state index is 0.0773. The molecular formula is C29H29NO3. The summed E-state index contributed by atoms with van der Waals surface area (Å²) in [7, 11) is 1.63. The van der Waals surface area contributed by atoms with Gasteiger partial charge in [-0.15, -0.1) is 0 Å². The van der Waals surface area contributed by atoms with Gasteiger partial charge in [0.05, 0.1) is 13.2 Å². The highest BCUT2D eigenvalue weighted by atomic mass is 16.5. The van der Waals surface area contributed by atoms with E-state index >= 15 is 0 Å². The third-order valence-electron chi connectivity index (χ3n) is 6.62. The lowest BCUT2D eigenvalue weighted by Gasteiger charge is -2.40. The van der Waals surface area contributed by atoms with E-state index < -0.39 is 0 Å². The Balaban J connectivity index is 1.70. The van der Waals surface area contributed by atoms with Gasteiger partial charge in [-0.05, 0) is 51.9 Å². The van der Waals surface area contributed by atoms with Gasteiger partial charge in [0.15, 0.2) is 17.3 Å². The largest absolute Gasteiger partial charge is 0.493 e. The molecule has 1 aliphatic heterocycles. The molecule has 1 heterocycles. The number of ether oxygens (including phenoxy) is 2. The number of anilines is 1. The van der Waals surface area contributed by atoms with Crippen molar-refractivity contribution in [3.63, 3.8) is 0 Å². The number of carbonyl (C=O) groups excluding carboxylic acids is 1. The van der Waals surface area contributed by atoms with E-state index in [0.29, 0.717) is 24.5 Å². The van der Waals surface area contributed by atoms with Crippen LogP contribution in [0.25, 0.3) is 16.3 Å². The first kappa shape index (κ1) is 21.3. The lowest BCUT2D eigenvalue weighted by atomic mass is 9.68. The van der Waals surface area contributed by atoms with Crippen LogP contribution in [0.5, 0.6) is 11.5 Å². The first-order valence-electron chi connectivity index (χ1n) is 11.4. The number of nitrogens with one attached hydrogen (secondary N) is 1. The number of hydrogen-bond donors (Lipinski definition) is 1. The van der Waals surface area contributed by atoms with E-state index in [4.69, 9.17) is 9.47 Å². The Bertz CT molecular complexity index is 1300. The molecule has 0 amide bonds. The van der Waals surface area contributed by atoms with Crippen LogP contribution in [0.3, 0.4) is 0 Å². The quantitative estimate of drug-likeness (QED) is 0.448. The number of carbonyl (C=O) groups is 1. The number of fused-ring (bicyclic) bond motifs is 4. The maximum atomic E-state index is 13.6. The van der Waals surface area contributed by atoms with Crippen LogP contribution in [0.15, 0.2) is 72.8 Å². The summed E-state index contributed by atoms with van der Waals surface area (Å²) in [5.74, 6) is 1.52. The van der Waals surface area contributed by atoms with Gasteiger partial charge in [0.1, 0.15) is 6.61 Å². The van der Waals surface area contributed by atoms with Crippen molar-refractivity contribution >= 4 is 27.8 Å². The molecule has 0 saturated carbocycles. The molecule has 3 aromatic rings. The average molecular weight is 440 g/mol. The third-order valence-corrected chi connectivity index (χ3v) is 6.62. The molecule has 1 aliphatic carbocycles. The highest BCUT2D eigenvalue weighted by Gasteiger charge is 2.41. The highest BCUT2D eigenvalue weighted by molar-refractivity contribution is 6.12. The van der Waals surface area contributed by atoms with Gasteiger partial charge in [-0.25, -0.2) is 0 Å². The van der Waals surface area contributed by atoms with E-state index in [0.717, 1.165) is 28.8 Å². The molecule has 0 bridgehead atoms. The molecule has 33 heavy (non-hydrogen) atoms. The maximum absolute atomic E-state index is 13.6. The molecule has 1 N–H and O–H groups in total. The predicted octanol–water partition coefficient (Wildman–Crippen LogP) is 6.72. The number of rotatable bonds is 5. The van der Waals surface area contributed by atoms with E-state index in [1.165, 1.54) is 16.3 Å². The van der Waals surface area contributed by atoms with Gasteiger partial charge >= 0.3 is 0 Å². The van der Waals surface area contributed by atoms with Crippen LogP contribution in [-0.2, 0) is 4.79 Å². The van der Waals surface area contributed by atoms with Gasteiger partial charge in [-0.2, -0.15) is 0 Å². The molecule has 168 valence electrons. The van der Waals surface area contributed by atoms with Crippen LogP contribution >= 0.6 is 0 Å². The second-order valence-corrected chi connectivity index (χ2v) is 9.63. The highest BCUT2D eigenvalue weighted by Crippen LogP contribution is 2.52. The number of methoxy groups -OCH3 is 1. The molecule has 0 fully saturated rings. The summed E-state index contributed by atoms with van der Waals surface area (Å²) in [6.07, 6.45) is 3.11. The Morgan fingerprint density at radius 3 is 2.70 bits per heavy atom. The van der Waals surface area contributed by atoms with E-state index in [9.17, 15) is 4.79 Å². The topological polar surface area (TPSA) is 47.6 Å². The summed E-state index contributed by atoms with van der Waals surface area (Å²) < 4.78 is 11.3. The van der Waals surface area contributed by atoms with Crippen molar-refractivity contribution in [1.82, 2.24) is 0 Å². The summed E-state index contributed by atoms with van der Waals surface area (Å²) in [5, 5.41) is 6.05. The minimum atomic E-state index is -0.236. The van der Waals surface area contributed by atoms with Gasteiger partial charge in [0.25, 0.3) is 0 Å². The Hall–Kier alpha value is -3.53. The van der Waals surface area contributed by atoms with Gasteiger partial charge in [-0.3, -0.25) is 4.79 Å². The van der Waals surface area contributed by atoms with Crippen molar-refractivity contribution in [3.8, 4) is 11.5 Å². The fraction of sp³-hybridized carbons (Fsp3) is 0.276. The van der Waals surface area contributed by atoms with Gasteiger partial charge in [-0.1, -0.05) is 62.9 Å². The molecular weight excluding hydrogens is 410 g/mol. The number of hydrogen-bond acceptors (Lipinski definition) is 4. The Labute approximate surface area is 194 Å². The lowest BCUT2D eigenvalue weighted by Crippen LogP contribution is -2.33. The number of ketones is 1. The number of Topliss-reactive ketones (excluding diaryl/α,β-unsaturated/α-hetero) is 1. The van der Waals surface area contributed by atoms with Crippen molar-refractivity contribution in [3.05, 3.63) is 84.0 Å². The predicted molar refractivity (Wildman–Crippen MR) is 134 cm³/mol. The van der Waals surface area contributed by atoms with Crippen LogP contribution < -0.4 is 14.8 Å². The van der Waals surface area contributed by atoms with Crippen molar-refractivity contribution in [1.29, 1.82) is 0 Å². The Morgan fingerprint density at radius 2 is 1.91 bits per heavy atom. The molecule has 0 aromatic heterocycles. The first-order valence-corrected chi connectivity index (χ1v) is 11.4. The van der Waals surface area contributed by atoms with Crippen LogP contribution in [0.2, 0.25) is 0 Å². The fourth-order valence-electron chi connectivity index (χ4n) is 5.22. The van der Waals surface area contributed by atoms with E-state index in [1.807, 2.05) is 18.2 Å². The molecule has 3 aromatic carbocycles. The van der Waals surface area contributed by atoms with Crippen LogP contribution in [0.4, 0.5) is 5.69 Å². The zero-order chi connectivity index (χ0) is 23.2. The van der Waals surface area contributed by atoms with Gasteiger partial charge < -0.3 is 14.8 Å². The Kier molecular flexibility index (Phi) is 5.24. The van der Waals surface area contributed by atoms with Crippen LogP contribution in [-0.4, -0.2) is 19.5 Å². The van der Waals surface area contributed by atoms with E-state index in [1.54, 1.807) is 13.2 Å². The normalized spacial score (nSPS) is 18.9. The van der Waals surface area contributed by atoms with E-state index in [2.05, 4.69) is 62.1 Å². The first-order chi connectivity index (χ1) is 15.9. The molecule has 0 spiro atoms. The zero-order valence-electron chi connectivity index (χ0n) is 19.4. The smallest absolute Gasteiger partial charge is 0.162 e. The lowest BCUT2D eigenvalue weighted by molar-refractivity contribution is -0.118. The standard InChI is InChI=1S/C29H29NO3/c1-5-14-33-24-13-11-19(15-25(24)32-4)28-27-21(16-29(2,3)17-23(27)31)26-20-9-7-6-8-18(20)10-12-22(26)30-28/h5-13,15,28,30H,1,14,16-17H2,2-4H3/t28-/m1/s1. The third kappa shape index (κ3) is 3.70. The number of allylic oxidation sites excluding steroid dienone is 1. The summed E-state index contributed by atoms with van der Waals surface area (Å²) >= 11 is 0. The Morgan fingerprint density at radius 1 is 1.09 bits per heavy atom. The monoisotopic (exact) mass is 439 g/mol. The van der Waals surface area contributed by atoms with Crippen LogP contribution in [0, 0.1) is 5.41 Å². The summed E-state index contributed by atoms with van der Waals surface area (Å²) in [6, 6.07) is 18.4. The molecule has 4 nitrogen and oxygen atoms in total. The molecule has 2 aliphatic rings. The van der Waals surface area contributed by atoms with Crippen molar-refractivity contribution in [2.24, 2.45) is 5.41 Å². The molecule has 5 rings (SSSR count). The molecule has 0 radical (unpaired) electrons. The minimum Gasteiger partial charge on any atom is -0.493 e.